The number of anilines is 1. The number of halogens is 2. The molecule has 2 N–H and O–H groups in total. The SMILES string of the molecule is Cc1ccc(NCc2cc(Br)c(O)c(Br)c2)cc1. The van der Waals surface area contributed by atoms with Gasteiger partial charge >= 0.3 is 0 Å². The zero-order valence-corrected chi connectivity index (χ0v) is 13.0. The lowest BCUT2D eigenvalue weighted by Crippen LogP contribution is -1.99. The molecule has 0 aliphatic carbocycles. The van der Waals surface area contributed by atoms with Gasteiger partial charge in [0.1, 0.15) is 5.75 Å². The molecule has 4 heteroatoms. The van der Waals surface area contributed by atoms with Crippen molar-refractivity contribution in [1.29, 1.82) is 0 Å². The molecule has 0 amide bonds. The molecule has 0 fully saturated rings. The lowest BCUT2D eigenvalue weighted by atomic mass is 10.2. The molecule has 0 saturated carbocycles. The van der Waals surface area contributed by atoms with Crippen LogP contribution >= 0.6 is 31.9 Å². The first kappa shape index (κ1) is 13.4. The number of phenolic OH excluding ortho intramolecular Hbond substituents is 1. The van der Waals surface area contributed by atoms with E-state index >= 15 is 0 Å². The molecule has 0 unspecified atom stereocenters. The van der Waals surface area contributed by atoms with Crippen molar-refractivity contribution in [3.8, 4) is 5.75 Å². The first-order valence-corrected chi connectivity index (χ1v) is 7.12. The van der Waals surface area contributed by atoms with Gasteiger partial charge in [-0.25, -0.2) is 0 Å². The molecule has 0 aliphatic rings. The maximum atomic E-state index is 9.63. The lowest BCUT2D eigenvalue weighted by molar-refractivity contribution is 0.468. The Morgan fingerprint density at radius 1 is 1.06 bits per heavy atom. The number of aromatic hydroxyl groups is 1. The van der Waals surface area contributed by atoms with Gasteiger partial charge in [0.15, 0.2) is 0 Å². The zero-order chi connectivity index (χ0) is 13.1. The number of phenols is 1. The summed E-state index contributed by atoms with van der Waals surface area (Å²) < 4.78 is 1.38. The summed E-state index contributed by atoms with van der Waals surface area (Å²) in [5, 5.41) is 13.0. The van der Waals surface area contributed by atoms with Crippen LogP contribution in [0, 0.1) is 6.92 Å². The normalized spacial score (nSPS) is 10.4. The zero-order valence-electron chi connectivity index (χ0n) is 9.87. The van der Waals surface area contributed by atoms with Crippen LogP contribution in [0.4, 0.5) is 5.69 Å². The quantitative estimate of drug-likeness (QED) is 0.810. The van der Waals surface area contributed by atoms with Crippen molar-refractivity contribution in [3.63, 3.8) is 0 Å². The largest absolute Gasteiger partial charge is 0.506 e. The lowest BCUT2D eigenvalue weighted by Gasteiger charge is -2.09. The molecule has 0 bridgehead atoms. The van der Waals surface area contributed by atoms with Crippen LogP contribution in [-0.4, -0.2) is 5.11 Å². The van der Waals surface area contributed by atoms with Crippen molar-refractivity contribution in [2.45, 2.75) is 13.5 Å². The van der Waals surface area contributed by atoms with Gasteiger partial charge in [0, 0.05) is 12.2 Å². The third-order valence-corrected chi connectivity index (χ3v) is 3.83. The standard InChI is InChI=1S/C14H13Br2NO/c1-9-2-4-11(5-3-9)17-8-10-6-12(15)14(18)13(16)7-10/h2-7,17-18H,8H2,1H3. The highest BCUT2D eigenvalue weighted by molar-refractivity contribution is 9.11. The van der Waals surface area contributed by atoms with E-state index in [0.29, 0.717) is 15.5 Å². The van der Waals surface area contributed by atoms with Crippen molar-refractivity contribution >= 4 is 37.5 Å². The highest BCUT2D eigenvalue weighted by Gasteiger charge is 2.05. The average molecular weight is 371 g/mol. The van der Waals surface area contributed by atoms with Gasteiger partial charge in [-0.1, -0.05) is 17.7 Å². The Kier molecular flexibility index (Phi) is 4.30. The summed E-state index contributed by atoms with van der Waals surface area (Å²) in [6.07, 6.45) is 0. The molecular weight excluding hydrogens is 358 g/mol. The van der Waals surface area contributed by atoms with E-state index in [0.717, 1.165) is 11.3 Å². The Labute approximate surface area is 123 Å². The van der Waals surface area contributed by atoms with Crippen LogP contribution in [-0.2, 0) is 6.54 Å². The fourth-order valence-electron chi connectivity index (χ4n) is 1.60. The molecule has 0 radical (unpaired) electrons. The second-order valence-corrected chi connectivity index (χ2v) is 5.84. The minimum Gasteiger partial charge on any atom is -0.506 e. The van der Waals surface area contributed by atoms with E-state index in [1.807, 2.05) is 12.1 Å². The maximum absolute atomic E-state index is 9.63. The predicted molar refractivity (Wildman–Crippen MR) is 82.0 cm³/mol. The molecular formula is C14H13Br2NO. The van der Waals surface area contributed by atoms with Crippen LogP contribution in [0.15, 0.2) is 45.3 Å². The molecule has 18 heavy (non-hydrogen) atoms. The van der Waals surface area contributed by atoms with E-state index < -0.39 is 0 Å². The van der Waals surface area contributed by atoms with Crippen LogP contribution in [0.1, 0.15) is 11.1 Å². The van der Waals surface area contributed by atoms with Gasteiger partial charge in [0.2, 0.25) is 0 Å². The first-order valence-electron chi connectivity index (χ1n) is 5.53. The molecule has 2 aromatic rings. The van der Waals surface area contributed by atoms with Gasteiger partial charge in [-0.05, 0) is 68.6 Å². The minimum absolute atomic E-state index is 0.231. The smallest absolute Gasteiger partial charge is 0.143 e. The third-order valence-electron chi connectivity index (χ3n) is 2.62. The third kappa shape index (κ3) is 3.27. The summed E-state index contributed by atoms with van der Waals surface area (Å²) in [4.78, 5) is 0. The van der Waals surface area contributed by atoms with E-state index in [-0.39, 0.29) is 5.75 Å². The summed E-state index contributed by atoms with van der Waals surface area (Å²) in [6, 6.07) is 12.1. The Morgan fingerprint density at radius 3 is 2.17 bits per heavy atom. The Morgan fingerprint density at radius 2 is 1.61 bits per heavy atom. The van der Waals surface area contributed by atoms with Crippen LogP contribution in [0.25, 0.3) is 0 Å². The van der Waals surface area contributed by atoms with Crippen LogP contribution in [0.5, 0.6) is 5.75 Å². The molecule has 94 valence electrons. The molecule has 2 aromatic carbocycles. The van der Waals surface area contributed by atoms with Crippen LogP contribution in [0.3, 0.4) is 0 Å². The summed E-state index contributed by atoms with van der Waals surface area (Å²) in [5.41, 5.74) is 3.42. The first-order chi connectivity index (χ1) is 8.56. The van der Waals surface area contributed by atoms with Gasteiger partial charge in [0.25, 0.3) is 0 Å². The fourth-order valence-corrected chi connectivity index (χ4v) is 2.88. The number of nitrogens with one attached hydrogen (secondary N) is 1. The van der Waals surface area contributed by atoms with Gasteiger partial charge < -0.3 is 10.4 Å². The Balaban J connectivity index is 2.08. The van der Waals surface area contributed by atoms with Crippen LogP contribution in [0.2, 0.25) is 0 Å². The molecule has 2 rings (SSSR count). The Hall–Kier alpha value is -1.000. The van der Waals surface area contributed by atoms with Crippen molar-refractivity contribution in [1.82, 2.24) is 0 Å². The van der Waals surface area contributed by atoms with Gasteiger partial charge in [-0.15, -0.1) is 0 Å². The predicted octanol–water partition coefficient (Wildman–Crippen LogP) is 4.84. The van der Waals surface area contributed by atoms with E-state index in [1.54, 1.807) is 0 Å². The molecule has 0 heterocycles. The minimum atomic E-state index is 0.231. The van der Waals surface area contributed by atoms with E-state index in [1.165, 1.54) is 5.56 Å². The summed E-state index contributed by atoms with van der Waals surface area (Å²) in [7, 11) is 0. The number of aryl methyl sites for hydroxylation is 1. The monoisotopic (exact) mass is 369 g/mol. The van der Waals surface area contributed by atoms with E-state index in [9.17, 15) is 5.11 Å². The number of benzene rings is 2. The summed E-state index contributed by atoms with van der Waals surface area (Å²) in [6.45, 7) is 2.78. The second-order valence-electron chi connectivity index (χ2n) is 4.13. The van der Waals surface area contributed by atoms with Crippen molar-refractivity contribution in [2.24, 2.45) is 0 Å². The molecule has 2 nitrogen and oxygen atoms in total. The van der Waals surface area contributed by atoms with Crippen molar-refractivity contribution in [2.75, 3.05) is 5.32 Å². The van der Waals surface area contributed by atoms with E-state index in [4.69, 9.17) is 0 Å². The number of hydrogen-bond donors (Lipinski definition) is 2. The topological polar surface area (TPSA) is 32.3 Å². The van der Waals surface area contributed by atoms with Gasteiger partial charge in [-0.2, -0.15) is 0 Å². The highest BCUT2D eigenvalue weighted by atomic mass is 79.9. The maximum Gasteiger partial charge on any atom is 0.143 e. The van der Waals surface area contributed by atoms with Crippen LogP contribution < -0.4 is 5.32 Å². The summed E-state index contributed by atoms with van der Waals surface area (Å²) >= 11 is 6.65. The van der Waals surface area contributed by atoms with E-state index in [2.05, 4.69) is 68.4 Å². The highest BCUT2D eigenvalue weighted by Crippen LogP contribution is 2.33. The number of hydrogen-bond acceptors (Lipinski definition) is 2. The van der Waals surface area contributed by atoms with Gasteiger partial charge in [0.05, 0.1) is 8.95 Å². The van der Waals surface area contributed by atoms with Crippen molar-refractivity contribution < 1.29 is 5.11 Å². The Bertz CT molecular complexity index is 529. The van der Waals surface area contributed by atoms with Gasteiger partial charge in [-0.3, -0.25) is 0 Å². The molecule has 0 atom stereocenters. The molecule has 0 spiro atoms. The number of rotatable bonds is 3. The second kappa shape index (κ2) is 5.76. The fraction of sp³-hybridized carbons (Fsp3) is 0.143. The molecule has 0 aliphatic heterocycles. The summed E-state index contributed by atoms with van der Waals surface area (Å²) in [5.74, 6) is 0.231. The molecule has 0 aromatic heterocycles. The average Bonchev–Trinajstić information content (AvgIpc) is 2.35. The van der Waals surface area contributed by atoms with Crippen molar-refractivity contribution in [3.05, 3.63) is 56.5 Å². The molecule has 0 saturated heterocycles.